The third-order valence-electron chi connectivity index (χ3n) is 8.17. The van der Waals surface area contributed by atoms with Gasteiger partial charge >= 0.3 is 11.9 Å². The van der Waals surface area contributed by atoms with Crippen LogP contribution in [0.15, 0.2) is 0 Å². The molecule has 0 heterocycles. The fourth-order valence-corrected chi connectivity index (χ4v) is 5.26. The van der Waals surface area contributed by atoms with Crippen LogP contribution in [-0.4, -0.2) is 61.6 Å². The molecule has 0 aliphatic heterocycles. The van der Waals surface area contributed by atoms with Crippen LogP contribution >= 0.6 is 0 Å². The molecule has 0 saturated carbocycles. The summed E-state index contributed by atoms with van der Waals surface area (Å²) in [5.41, 5.74) is 0. The van der Waals surface area contributed by atoms with Crippen LogP contribution in [-0.2, 0) is 19.1 Å². The largest absolute Gasteiger partial charge is 1.00 e. The predicted octanol–water partition coefficient (Wildman–Crippen LogP) is 6.26. The fraction of sp³-hybridized carbons (Fsp3) is 0.943. The summed E-state index contributed by atoms with van der Waals surface area (Å²) in [6.45, 7) is 5.86. The van der Waals surface area contributed by atoms with E-state index in [2.05, 4.69) is 13.8 Å². The molecular formula is C35H70BrNO5. The molecule has 7 heteroatoms. The second-order valence-electron chi connectivity index (χ2n) is 12.9. The minimum Gasteiger partial charge on any atom is -1.00 e. The van der Waals surface area contributed by atoms with Crippen LogP contribution in [0.4, 0.5) is 0 Å². The van der Waals surface area contributed by atoms with E-state index < -0.39 is 6.29 Å². The van der Waals surface area contributed by atoms with E-state index in [1.807, 2.05) is 14.1 Å². The quantitative estimate of drug-likeness (QED) is 0.0410. The zero-order chi connectivity index (χ0) is 30.4. The Hall–Kier alpha value is -0.660. The summed E-state index contributed by atoms with van der Waals surface area (Å²) in [6.07, 6.45) is 27.5. The number of likely N-dealkylation sites (N-methyl/N-ethyl adjacent to an activating group) is 1. The minimum atomic E-state index is -0.841. The van der Waals surface area contributed by atoms with Gasteiger partial charge < -0.3 is 36.0 Å². The lowest BCUT2D eigenvalue weighted by Gasteiger charge is -2.30. The number of aliphatic hydroxyl groups is 1. The highest BCUT2D eigenvalue weighted by atomic mass is 79.9. The Morgan fingerprint density at radius 2 is 0.857 bits per heavy atom. The van der Waals surface area contributed by atoms with E-state index in [-0.39, 0.29) is 35.5 Å². The van der Waals surface area contributed by atoms with Crippen LogP contribution in [0.3, 0.4) is 0 Å². The van der Waals surface area contributed by atoms with Crippen molar-refractivity contribution >= 4 is 11.9 Å². The summed E-state index contributed by atoms with van der Waals surface area (Å²) in [6, 6.07) is 0. The van der Waals surface area contributed by atoms with Crippen molar-refractivity contribution in [2.24, 2.45) is 0 Å². The molecule has 0 atom stereocenters. The zero-order valence-corrected chi connectivity index (χ0v) is 29.9. The summed E-state index contributed by atoms with van der Waals surface area (Å²) in [4.78, 5) is 25.1. The number of unbranched alkanes of at least 4 members (excludes halogenated alkanes) is 20. The van der Waals surface area contributed by atoms with Crippen LogP contribution in [0.5, 0.6) is 0 Å². The molecule has 0 saturated heterocycles. The first-order valence-corrected chi connectivity index (χ1v) is 17.7. The van der Waals surface area contributed by atoms with Gasteiger partial charge in [0.1, 0.15) is 6.54 Å². The Labute approximate surface area is 271 Å². The average Bonchev–Trinajstić information content (AvgIpc) is 2.93. The summed E-state index contributed by atoms with van der Waals surface area (Å²) in [5, 5.41) is 9.34. The number of aliphatic hydroxyl groups excluding tert-OH is 1. The molecule has 0 aromatic carbocycles. The Morgan fingerprint density at radius 3 is 1.17 bits per heavy atom. The van der Waals surface area contributed by atoms with Gasteiger partial charge in [-0.3, -0.25) is 9.59 Å². The van der Waals surface area contributed by atoms with Gasteiger partial charge in [-0.15, -0.1) is 0 Å². The number of hydrogen-bond acceptors (Lipinski definition) is 5. The van der Waals surface area contributed by atoms with Gasteiger partial charge in [0.15, 0.2) is 0 Å². The first-order chi connectivity index (χ1) is 19.8. The molecule has 252 valence electrons. The first-order valence-electron chi connectivity index (χ1n) is 17.7. The highest BCUT2D eigenvalue weighted by molar-refractivity contribution is 5.71. The zero-order valence-electron chi connectivity index (χ0n) is 28.3. The summed E-state index contributed by atoms with van der Waals surface area (Å²) < 4.78 is 11.9. The van der Waals surface area contributed by atoms with E-state index in [1.54, 1.807) is 0 Å². The smallest absolute Gasteiger partial charge is 0.308 e. The van der Waals surface area contributed by atoms with Crippen molar-refractivity contribution in [2.45, 2.75) is 181 Å². The van der Waals surface area contributed by atoms with Crippen LogP contribution in [0.2, 0.25) is 0 Å². The molecule has 0 aromatic heterocycles. The number of esters is 2. The Morgan fingerprint density at radius 1 is 0.548 bits per heavy atom. The number of nitrogens with zero attached hydrogens (tertiary/aromatic N) is 1. The van der Waals surface area contributed by atoms with Crippen LogP contribution in [0, 0.1) is 0 Å². The van der Waals surface area contributed by atoms with Crippen LogP contribution < -0.4 is 17.0 Å². The molecule has 1 N–H and O–H groups in total. The van der Waals surface area contributed by atoms with Gasteiger partial charge in [0.05, 0.1) is 33.7 Å². The Bertz CT molecular complexity index is 562. The van der Waals surface area contributed by atoms with Gasteiger partial charge in [0.25, 0.3) is 6.29 Å². The molecule has 0 fully saturated rings. The fourth-order valence-electron chi connectivity index (χ4n) is 5.26. The second-order valence-corrected chi connectivity index (χ2v) is 12.9. The van der Waals surface area contributed by atoms with E-state index in [1.165, 1.54) is 103 Å². The number of hydrogen-bond donors (Lipinski definition) is 1. The molecule has 42 heavy (non-hydrogen) atoms. The van der Waals surface area contributed by atoms with Crippen molar-refractivity contribution in [1.82, 2.24) is 0 Å². The summed E-state index contributed by atoms with van der Waals surface area (Å²) in [5.74, 6) is -0.554. The van der Waals surface area contributed by atoms with Crippen molar-refractivity contribution < 1.29 is 45.6 Å². The van der Waals surface area contributed by atoms with Crippen molar-refractivity contribution in [3.63, 3.8) is 0 Å². The Kier molecular flexibility index (Phi) is 32.9. The van der Waals surface area contributed by atoms with Crippen molar-refractivity contribution in [3.05, 3.63) is 0 Å². The van der Waals surface area contributed by atoms with Gasteiger partial charge in [-0.2, -0.15) is 0 Å². The lowest BCUT2D eigenvalue weighted by Crippen LogP contribution is -3.00. The number of halogens is 1. The maximum atomic E-state index is 12.5. The molecule has 0 spiro atoms. The van der Waals surface area contributed by atoms with Gasteiger partial charge in [0, 0.05) is 12.8 Å². The number of carbonyl (C=O) groups excluding carboxylic acids is 2. The van der Waals surface area contributed by atoms with E-state index in [9.17, 15) is 14.7 Å². The highest BCUT2D eigenvalue weighted by Crippen LogP contribution is 2.16. The molecule has 0 bridgehead atoms. The molecule has 6 nitrogen and oxygen atoms in total. The molecule has 0 aromatic rings. The van der Waals surface area contributed by atoms with Gasteiger partial charge in [0.2, 0.25) is 0 Å². The third-order valence-corrected chi connectivity index (χ3v) is 8.17. The molecular weight excluding hydrogens is 594 g/mol. The van der Waals surface area contributed by atoms with Gasteiger partial charge in [-0.25, -0.2) is 0 Å². The lowest BCUT2D eigenvalue weighted by atomic mass is 10.1. The molecule has 0 unspecified atom stereocenters. The summed E-state index contributed by atoms with van der Waals surface area (Å²) in [7, 11) is 4.04. The number of rotatable bonds is 31. The normalized spacial score (nSPS) is 11.5. The van der Waals surface area contributed by atoms with Gasteiger partial charge in [-0.05, 0) is 12.8 Å². The van der Waals surface area contributed by atoms with Crippen molar-refractivity contribution in [2.75, 3.05) is 33.8 Å². The second kappa shape index (κ2) is 31.8. The molecule has 0 aliphatic carbocycles. The average molecular weight is 665 g/mol. The van der Waals surface area contributed by atoms with Gasteiger partial charge in [-0.1, -0.05) is 142 Å². The van der Waals surface area contributed by atoms with E-state index in [4.69, 9.17) is 9.47 Å². The van der Waals surface area contributed by atoms with Crippen molar-refractivity contribution in [3.8, 4) is 0 Å². The number of ether oxygens (including phenoxy) is 2. The standard InChI is InChI=1S/C35H70NO5.BrH/c1-5-7-9-11-13-15-17-19-21-23-25-27-33(38)40-35(29-30-36(3,4)31-32-37)41-34(39)28-26-24-22-20-18-16-14-12-10-8-6-2;/h35,37H,5-32H2,1-4H3;1H/q+1;/p-1. The van der Waals surface area contributed by atoms with E-state index in [0.717, 1.165) is 38.5 Å². The molecule has 0 aliphatic rings. The minimum absolute atomic E-state index is 0. The van der Waals surface area contributed by atoms with Crippen LogP contribution in [0.1, 0.15) is 174 Å². The Balaban J connectivity index is 0. The van der Waals surface area contributed by atoms with Crippen LogP contribution in [0.25, 0.3) is 0 Å². The SMILES string of the molecule is CCCCCCCCCCCCCC(=O)OC(CC[N+](C)(C)CCO)OC(=O)CCCCCCCCCCCCC.[Br-]. The monoisotopic (exact) mass is 663 g/mol. The molecule has 0 radical (unpaired) electrons. The maximum absolute atomic E-state index is 12.5. The molecule has 0 rings (SSSR count). The topological polar surface area (TPSA) is 72.8 Å². The van der Waals surface area contributed by atoms with Crippen molar-refractivity contribution in [1.29, 1.82) is 0 Å². The van der Waals surface area contributed by atoms with E-state index >= 15 is 0 Å². The summed E-state index contributed by atoms with van der Waals surface area (Å²) >= 11 is 0. The lowest BCUT2D eigenvalue weighted by molar-refractivity contribution is -0.891. The van der Waals surface area contributed by atoms with E-state index in [0.29, 0.717) is 36.8 Å². The molecule has 0 amide bonds. The third kappa shape index (κ3) is 30.8. The first kappa shape index (κ1) is 43.5. The highest BCUT2D eigenvalue weighted by Gasteiger charge is 2.24. The number of quaternary nitrogens is 1. The maximum Gasteiger partial charge on any atom is 0.308 e. The number of carbonyl (C=O) groups is 2. The predicted molar refractivity (Wildman–Crippen MR) is 172 cm³/mol.